The normalized spacial score (nSPS) is 16.8. The van der Waals surface area contributed by atoms with Crippen molar-refractivity contribution in [3.05, 3.63) is 59.7 Å². The molecular formula is C22H26N6O. The Morgan fingerprint density at radius 1 is 1.07 bits per heavy atom. The molecule has 0 saturated carbocycles. The van der Waals surface area contributed by atoms with Gasteiger partial charge in [-0.1, -0.05) is 6.07 Å². The fourth-order valence-corrected chi connectivity index (χ4v) is 3.85. The van der Waals surface area contributed by atoms with Crippen LogP contribution >= 0.6 is 0 Å². The van der Waals surface area contributed by atoms with E-state index in [9.17, 15) is 4.79 Å². The molecule has 0 aromatic carbocycles. The number of amides is 1. The number of hydrogen-bond donors (Lipinski definition) is 0. The number of likely N-dealkylation sites (tertiary alicyclic amines) is 1. The molecule has 7 heteroatoms. The van der Waals surface area contributed by atoms with E-state index >= 15 is 0 Å². The second-order valence-corrected chi connectivity index (χ2v) is 7.81. The highest BCUT2D eigenvalue weighted by Crippen LogP contribution is 2.23. The molecule has 3 aromatic rings. The van der Waals surface area contributed by atoms with Crippen LogP contribution in [0.1, 0.15) is 40.4 Å². The minimum atomic E-state index is -0.0257. The lowest BCUT2D eigenvalue weighted by atomic mass is 9.91. The SMILES string of the molecule is Cc1cnc(C(=O)N2CCC[C@@H](Cc3ccc(-c4cnc(C)n4C)nc3)C2)cn1. The average molecular weight is 390 g/mol. The van der Waals surface area contributed by atoms with Crippen LogP contribution in [0.5, 0.6) is 0 Å². The molecule has 0 unspecified atom stereocenters. The zero-order valence-corrected chi connectivity index (χ0v) is 17.2. The van der Waals surface area contributed by atoms with Gasteiger partial charge in [-0.3, -0.25) is 14.8 Å². The molecule has 1 aliphatic rings. The summed E-state index contributed by atoms with van der Waals surface area (Å²) in [6.45, 7) is 5.38. The lowest BCUT2D eigenvalue weighted by Gasteiger charge is -2.32. The first-order valence-electron chi connectivity index (χ1n) is 10.0. The first-order chi connectivity index (χ1) is 14.0. The molecule has 4 heterocycles. The van der Waals surface area contributed by atoms with Crippen LogP contribution in [0.2, 0.25) is 0 Å². The van der Waals surface area contributed by atoms with Crippen LogP contribution in [-0.2, 0) is 13.5 Å². The molecule has 3 aromatic heterocycles. The Hall–Kier alpha value is -3.09. The van der Waals surface area contributed by atoms with Gasteiger partial charge in [0.25, 0.3) is 5.91 Å². The van der Waals surface area contributed by atoms with Gasteiger partial charge in [0.1, 0.15) is 11.5 Å². The van der Waals surface area contributed by atoms with Crippen molar-refractivity contribution in [3.63, 3.8) is 0 Å². The third-order valence-corrected chi connectivity index (χ3v) is 5.64. The van der Waals surface area contributed by atoms with Gasteiger partial charge in [-0.2, -0.15) is 0 Å². The highest BCUT2D eigenvalue weighted by molar-refractivity contribution is 5.92. The number of hydrogen-bond acceptors (Lipinski definition) is 5. The molecule has 1 aliphatic heterocycles. The van der Waals surface area contributed by atoms with E-state index in [4.69, 9.17) is 0 Å². The van der Waals surface area contributed by atoms with E-state index in [-0.39, 0.29) is 5.91 Å². The standard InChI is InChI=1S/C22H26N6O/c1-15-10-25-20(12-23-15)22(29)28-8-4-5-18(14-28)9-17-6-7-19(26-11-17)21-13-24-16(2)27(21)3/h6-7,10-13,18H,4-5,8-9,14H2,1-3H3/t18-/m0/s1. The number of piperidine rings is 1. The second kappa shape index (κ2) is 8.11. The molecule has 1 amide bonds. The van der Waals surface area contributed by atoms with Gasteiger partial charge in [0.05, 0.1) is 29.5 Å². The number of aryl methyl sites for hydroxylation is 2. The molecule has 1 atom stereocenters. The highest BCUT2D eigenvalue weighted by atomic mass is 16.2. The summed E-state index contributed by atoms with van der Waals surface area (Å²) in [5, 5.41) is 0. The van der Waals surface area contributed by atoms with Crippen molar-refractivity contribution < 1.29 is 4.79 Å². The highest BCUT2D eigenvalue weighted by Gasteiger charge is 2.25. The maximum Gasteiger partial charge on any atom is 0.274 e. The van der Waals surface area contributed by atoms with Crippen molar-refractivity contribution in [3.8, 4) is 11.4 Å². The lowest BCUT2D eigenvalue weighted by molar-refractivity contribution is 0.0667. The quantitative estimate of drug-likeness (QED) is 0.684. The number of imidazole rings is 1. The second-order valence-electron chi connectivity index (χ2n) is 7.81. The van der Waals surface area contributed by atoms with Crippen molar-refractivity contribution in [2.24, 2.45) is 13.0 Å². The molecule has 0 bridgehead atoms. The molecule has 0 radical (unpaired) electrons. The first-order valence-corrected chi connectivity index (χ1v) is 10.0. The van der Waals surface area contributed by atoms with E-state index in [0.29, 0.717) is 11.6 Å². The van der Waals surface area contributed by atoms with Crippen molar-refractivity contribution in [2.75, 3.05) is 13.1 Å². The fourth-order valence-electron chi connectivity index (χ4n) is 3.85. The molecule has 0 aliphatic carbocycles. The first kappa shape index (κ1) is 19.2. The number of pyridine rings is 1. The van der Waals surface area contributed by atoms with Gasteiger partial charge in [0.2, 0.25) is 0 Å². The van der Waals surface area contributed by atoms with Crippen LogP contribution in [0, 0.1) is 19.8 Å². The van der Waals surface area contributed by atoms with Gasteiger partial charge in [0.15, 0.2) is 0 Å². The van der Waals surface area contributed by atoms with Crippen LogP contribution in [0.15, 0.2) is 36.9 Å². The monoisotopic (exact) mass is 390 g/mol. The van der Waals surface area contributed by atoms with E-state index in [1.165, 1.54) is 5.56 Å². The summed E-state index contributed by atoms with van der Waals surface area (Å²) in [5.41, 5.74) is 4.38. The maximum atomic E-state index is 12.7. The maximum absolute atomic E-state index is 12.7. The van der Waals surface area contributed by atoms with Gasteiger partial charge >= 0.3 is 0 Å². The van der Waals surface area contributed by atoms with Crippen LogP contribution in [0.3, 0.4) is 0 Å². The van der Waals surface area contributed by atoms with Crippen molar-refractivity contribution in [2.45, 2.75) is 33.1 Å². The molecular weight excluding hydrogens is 364 g/mol. The molecule has 0 spiro atoms. The zero-order valence-electron chi connectivity index (χ0n) is 17.2. The summed E-state index contributed by atoms with van der Waals surface area (Å²) in [6.07, 6.45) is 10.1. The van der Waals surface area contributed by atoms with Gasteiger partial charge in [0, 0.05) is 32.5 Å². The van der Waals surface area contributed by atoms with E-state index in [2.05, 4.69) is 32.1 Å². The summed E-state index contributed by atoms with van der Waals surface area (Å²) in [7, 11) is 2.00. The topological polar surface area (TPSA) is 76.8 Å². The van der Waals surface area contributed by atoms with E-state index in [1.807, 2.05) is 42.8 Å². The van der Waals surface area contributed by atoms with Crippen LogP contribution in [-0.4, -0.2) is 48.4 Å². The van der Waals surface area contributed by atoms with Crippen LogP contribution in [0.25, 0.3) is 11.4 Å². The third kappa shape index (κ3) is 4.18. The summed E-state index contributed by atoms with van der Waals surface area (Å²) < 4.78 is 2.04. The van der Waals surface area contributed by atoms with Gasteiger partial charge < -0.3 is 9.47 Å². The van der Waals surface area contributed by atoms with E-state index < -0.39 is 0 Å². The predicted molar refractivity (Wildman–Crippen MR) is 110 cm³/mol. The van der Waals surface area contributed by atoms with E-state index in [0.717, 1.165) is 55.3 Å². The van der Waals surface area contributed by atoms with Crippen molar-refractivity contribution in [1.29, 1.82) is 0 Å². The smallest absolute Gasteiger partial charge is 0.274 e. The molecule has 4 rings (SSSR count). The van der Waals surface area contributed by atoms with Crippen molar-refractivity contribution >= 4 is 5.91 Å². The molecule has 29 heavy (non-hydrogen) atoms. The zero-order chi connectivity index (χ0) is 20.4. The Morgan fingerprint density at radius 2 is 1.93 bits per heavy atom. The largest absolute Gasteiger partial charge is 0.337 e. The fraction of sp³-hybridized carbons (Fsp3) is 0.409. The minimum Gasteiger partial charge on any atom is -0.337 e. The Morgan fingerprint density at radius 3 is 2.59 bits per heavy atom. The van der Waals surface area contributed by atoms with Gasteiger partial charge in [-0.05, 0) is 50.7 Å². The summed E-state index contributed by atoms with van der Waals surface area (Å²) >= 11 is 0. The third-order valence-electron chi connectivity index (χ3n) is 5.64. The summed E-state index contributed by atoms with van der Waals surface area (Å²) in [6, 6.07) is 4.19. The van der Waals surface area contributed by atoms with Crippen LogP contribution < -0.4 is 0 Å². The van der Waals surface area contributed by atoms with Crippen LogP contribution in [0.4, 0.5) is 0 Å². The average Bonchev–Trinajstić information content (AvgIpc) is 3.07. The Balaban J connectivity index is 1.41. The Bertz CT molecular complexity index is 993. The minimum absolute atomic E-state index is 0.0257. The van der Waals surface area contributed by atoms with E-state index in [1.54, 1.807) is 12.4 Å². The number of carbonyl (C=O) groups excluding carboxylic acids is 1. The number of rotatable bonds is 4. The Labute approximate surface area is 170 Å². The molecule has 150 valence electrons. The molecule has 1 saturated heterocycles. The molecule has 1 fully saturated rings. The number of carbonyl (C=O) groups is 1. The van der Waals surface area contributed by atoms with Crippen molar-refractivity contribution in [1.82, 2.24) is 29.4 Å². The van der Waals surface area contributed by atoms with Gasteiger partial charge in [-0.25, -0.2) is 9.97 Å². The molecule has 7 nitrogen and oxygen atoms in total. The number of nitrogens with zero attached hydrogens (tertiary/aromatic N) is 6. The predicted octanol–water partition coefficient (Wildman–Crippen LogP) is 2.98. The summed E-state index contributed by atoms with van der Waals surface area (Å²) in [4.78, 5) is 32.1. The lowest BCUT2D eigenvalue weighted by Crippen LogP contribution is -2.40. The van der Waals surface area contributed by atoms with Gasteiger partial charge in [-0.15, -0.1) is 0 Å². The summed E-state index contributed by atoms with van der Waals surface area (Å²) in [5.74, 6) is 1.37. The molecule has 0 N–H and O–H groups in total. The number of aromatic nitrogens is 5. The Kier molecular flexibility index (Phi) is 5.38.